The molecule has 0 spiro atoms. The van der Waals surface area contributed by atoms with Crippen molar-refractivity contribution >= 4 is 11.7 Å². The molecule has 1 aromatic heterocycles. The molecule has 0 bridgehead atoms. The van der Waals surface area contributed by atoms with Crippen LogP contribution in [0.15, 0.2) is 12.4 Å². The zero-order valence-corrected chi connectivity index (χ0v) is 13.4. The maximum absolute atomic E-state index is 12.4. The van der Waals surface area contributed by atoms with Crippen LogP contribution in [-0.2, 0) is 11.8 Å². The van der Waals surface area contributed by atoms with Gasteiger partial charge in [-0.25, -0.2) is 4.79 Å². The molecule has 2 aliphatic rings. The molecule has 2 saturated heterocycles. The van der Waals surface area contributed by atoms with Crippen LogP contribution in [0.25, 0.3) is 0 Å². The van der Waals surface area contributed by atoms with Crippen molar-refractivity contribution in [2.24, 2.45) is 7.05 Å². The molecule has 0 radical (unpaired) electrons. The average molecular weight is 307 g/mol. The summed E-state index contributed by atoms with van der Waals surface area (Å²) in [5.74, 6) is 0. The minimum absolute atomic E-state index is 0.0354. The first-order valence-corrected chi connectivity index (χ1v) is 8.02. The molecule has 2 fully saturated rings. The number of hydrogen-bond donors (Lipinski definition) is 1. The van der Waals surface area contributed by atoms with Gasteiger partial charge < -0.3 is 19.9 Å². The predicted octanol–water partition coefficient (Wildman–Crippen LogP) is 0.819. The van der Waals surface area contributed by atoms with E-state index in [2.05, 4.69) is 15.3 Å². The molecule has 1 aromatic rings. The number of piperidine rings is 1. The number of anilines is 1. The monoisotopic (exact) mass is 307 g/mol. The maximum atomic E-state index is 12.4. The Hall–Kier alpha value is -1.76. The number of nitrogens with one attached hydrogen (secondary N) is 1. The van der Waals surface area contributed by atoms with Crippen LogP contribution in [0.5, 0.6) is 0 Å². The van der Waals surface area contributed by atoms with Gasteiger partial charge in [0.25, 0.3) is 0 Å². The minimum Gasteiger partial charge on any atom is -0.375 e. The molecule has 1 N–H and O–H groups in total. The van der Waals surface area contributed by atoms with E-state index in [-0.39, 0.29) is 18.2 Å². The summed E-state index contributed by atoms with van der Waals surface area (Å²) >= 11 is 0. The topological polar surface area (TPSA) is 62.6 Å². The van der Waals surface area contributed by atoms with Crippen LogP contribution >= 0.6 is 0 Å². The van der Waals surface area contributed by atoms with Crippen LogP contribution in [0, 0.1) is 0 Å². The van der Waals surface area contributed by atoms with Crippen LogP contribution in [0.1, 0.15) is 19.8 Å². The molecule has 122 valence electrons. The van der Waals surface area contributed by atoms with Crippen LogP contribution in [0.4, 0.5) is 10.5 Å². The number of aryl methyl sites for hydroxylation is 1. The molecular formula is C15H25N5O2. The SMILES string of the molecule is CC1CN(C(=O)NC2CCCN(c3cnn(C)c3)C2)CCO1. The van der Waals surface area contributed by atoms with Gasteiger partial charge in [-0.3, -0.25) is 4.68 Å². The van der Waals surface area contributed by atoms with Crippen molar-refractivity contribution in [1.82, 2.24) is 20.0 Å². The molecule has 2 atom stereocenters. The molecule has 2 aliphatic heterocycles. The van der Waals surface area contributed by atoms with Gasteiger partial charge in [0, 0.05) is 45.5 Å². The number of hydrogen-bond acceptors (Lipinski definition) is 4. The Kier molecular flexibility index (Phi) is 4.52. The quantitative estimate of drug-likeness (QED) is 0.879. The summed E-state index contributed by atoms with van der Waals surface area (Å²) in [6.45, 7) is 5.84. The smallest absolute Gasteiger partial charge is 0.317 e. The summed E-state index contributed by atoms with van der Waals surface area (Å²) in [7, 11) is 1.92. The van der Waals surface area contributed by atoms with Crippen molar-refractivity contribution in [1.29, 1.82) is 0 Å². The van der Waals surface area contributed by atoms with Crippen molar-refractivity contribution in [3.05, 3.63) is 12.4 Å². The molecule has 0 aromatic carbocycles. The van der Waals surface area contributed by atoms with E-state index in [0.717, 1.165) is 31.6 Å². The molecule has 3 heterocycles. The minimum atomic E-state index is 0.0354. The Morgan fingerprint density at radius 1 is 1.41 bits per heavy atom. The second kappa shape index (κ2) is 6.56. The molecule has 2 amide bonds. The van der Waals surface area contributed by atoms with Crippen LogP contribution in [0.3, 0.4) is 0 Å². The van der Waals surface area contributed by atoms with Gasteiger partial charge in [-0.2, -0.15) is 5.10 Å². The number of aromatic nitrogens is 2. The summed E-state index contributed by atoms with van der Waals surface area (Å²) < 4.78 is 7.30. The van der Waals surface area contributed by atoms with Crippen molar-refractivity contribution < 1.29 is 9.53 Å². The van der Waals surface area contributed by atoms with Gasteiger partial charge in [-0.15, -0.1) is 0 Å². The van der Waals surface area contributed by atoms with Crippen LogP contribution in [0.2, 0.25) is 0 Å². The molecule has 3 rings (SSSR count). The zero-order chi connectivity index (χ0) is 15.5. The first-order valence-electron chi connectivity index (χ1n) is 8.02. The van der Waals surface area contributed by atoms with Crippen molar-refractivity contribution in [2.45, 2.75) is 31.9 Å². The van der Waals surface area contributed by atoms with E-state index in [9.17, 15) is 4.79 Å². The Morgan fingerprint density at radius 3 is 3.00 bits per heavy atom. The largest absolute Gasteiger partial charge is 0.375 e. The first-order chi connectivity index (χ1) is 10.6. The van der Waals surface area contributed by atoms with Gasteiger partial charge in [-0.05, 0) is 19.8 Å². The molecule has 7 nitrogen and oxygen atoms in total. The lowest BCUT2D eigenvalue weighted by molar-refractivity contribution is -0.00392. The van der Waals surface area contributed by atoms with Gasteiger partial charge in [-0.1, -0.05) is 0 Å². The highest BCUT2D eigenvalue weighted by Gasteiger charge is 2.26. The fourth-order valence-electron chi connectivity index (χ4n) is 3.17. The number of amides is 2. The highest BCUT2D eigenvalue weighted by atomic mass is 16.5. The third-order valence-corrected chi connectivity index (χ3v) is 4.33. The number of morpholine rings is 1. The van der Waals surface area contributed by atoms with E-state index in [1.165, 1.54) is 0 Å². The van der Waals surface area contributed by atoms with Gasteiger partial charge in [0.1, 0.15) is 0 Å². The molecule has 7 heteroatoms. The summed E-state index contributed by atoms with van der Waals surface area (Å²) in [6, 6.07) is 0.229. The number of urea groups is 1. The third-order valence-electron chi connectivity index (χ3n) is 4.33. The number of carbonyl (C=O) groups excluding carboxylic acids is 1. The molecular weight excluding hydrogens is 282 g/mol. The highest BCUT2D eigenvalue weighted by Crippen LogP contribution is 2.19. The van der Waals surface area contributed by atoms with E-state index < -0.39 is 0 Å². The second-order valence-corrected chi connectivity index (χ2v) is 6.23. The predicted molar refractivity (Wildman–Crippen MR) is 84.0 cm³/mol. The molecule has 22 heavy (non-hydrogen) atoms. The van der Waals surface area contributed by atoms with Gasteiger partial charge >= 0.3 is 6.03 Å². The summed E-state index contributed by atoms with van der Waals surface area (Å²) in [6.07, 6.45) is 6.14. The Morgan fingerprint density at radius 2 is 2.27 bits per heavy atom. The highest BCUT2D eigenvalue weighted by molar-refractivity contribution is 5.74. The fraction of sp³-hybridized carbons (Fsp3) is 0.733. The first kappa shape index (κ1) is 15.1. The number of rotatable bonds is 2. The normalized spacial score (nSPS) is 26.1. The van der Waals surface area contributed by atoms with Crippen molar-refractivity contribution in [3.8, 4) is 0 Å². The van der Waals surface area contributed by atoms with Gasteiger partial charge in [0.05, 0.1) is 24.6 Å². The number of ether oxygens (including phenoxy) is 1. The van der Waals surface area contributed by atoms with E-state index >= 15 is 0 Å². The van der Waals surface area contributed by atoms with Crippen molar-refractivity contribution in [2.75, 3.05) is 37.7 Å². The molecule has 0 aliphatic carbocycles. The number of nitrogens with zero attached hydrogens (tertiary/aromatic N) is 4. The van der Waals surface area contributed by atoms with E-state index in [1.54, 1.807) is 0 Å². The lowest BCUT2D eigenvalue weighted by atomic mass is 10.1. The van der Waals surface area contributed by atoms with Crippen molar-refractivity contribution in [3.63, 3.8) is 0 Å². The van der Waals surface area contributed by atoms with Gasteiger partial charge in [0.15, 0.2) is 0 Å². The Balaban J connectivity index is 1.54. The summed E-state index contributed by atoms with van der Waals surface area (Å²) in [5, 5.41) is 7.40. The lowest BCUT2D eigenvalue weighted by Gasteiger charge is -2.36. The maximum Gasteiger partial charge on any atom is 0.317 e. The Labute approximate surface area is 131 Å². The zero-order valence-electron chi connectivity index (χ0n) is 13.4. The number of carbonyl (C=O) groups is 1. The van der Waals surface area contributed by atoms with E-state index in [0.29, 0.717) is 19.7 Å². The van der Waals surface area contributed by atoms with Crippen LogP contribution < -0.4 is 10.2 Å². The van der Waals surface area contributed by atoms with E-state index in [1.807, 2.05) is 35.9 Å². The summed E-state index contributed by atoms with van der Waals surface area (Å²) in [4.78, 5) is 16.5. The molecule has 0 saturated carbocycles. The second-order valence-electron chi connectivity index (χ2n) is 6.23. The fourth-order valence-corrected chi connectivity index (χ4v) is 3.17. The third kappa shape index (κ3) is 3.52. The standard InChI is InChI=1S/C15H25N5O2/c1-12-9-20(6-7-22-12)15(21)17-13-4-3-5-19(10-13)14-8-16-18(2)11-14/h8,11-13H,3-7,9-10H2,1-2H3,(H,17,21). The van der Waals surface area contributed by atoms with Crippen LogP contribution in [-0.4, -0.2) is 65.6 Å². The lowest BCUT2D eigenvalue weighted by Crippen LogP contribution is -2.54. The molecule has 2 unspecified atom stereocenters. The summed E-state index contributed by atoms with van der Waals surface area (Å²) in [5.41, 5.74) is 1.13. The average Bonchev–Trinajstić information content (AvgIpc) is 2.94. The Bertz CT molecular complexity index is 518. The van der Waals surface area contributed by atoms with E-state index in [4.69, 9.17) is 4.74 Å². The van der Waals surface area contributed by atoms with Gasteiger partial charge in [0.2, 0.25) is 0 Å².